The summed E-state index contributed by atoms with van der Waals surface area (Å²) in [6, 6.07) is 8.00. The summed E-state index contributed by atoms with van der Waals surface area (Å²) in [5.41, 5.74) is 2.15. The van der Waals surface area contributed by atoms with Crippen LogP contribution in [0.25, 0.3) is 6.08 Å². The molecule has 2 amide bonds. The Hall–Kier alpha value is -1.63. The van der Waals surface area contributed by atoms with Crippen molar-refractivity contribution in [2.45, 2.75) is 44.8 Å². The molecule has 1 heterocycles. The Labute approximate surface area is 163 Å². The van der Waals surface area contributed by atoms with E-state index in [1.165, 1.54) is 10.5 Å². The highest BCUT2D eigenvalue weighted by Gasteiger charge is 2.51. The molecule has 1 aliphatic heterocycles. The van der Waals surface area contributed by atoms with Crippen LogP contribution in [0, 0.1) is 17.8 Å². The van der Waals surface area contributed by atoms with Crippen molar-refractivity contribution in [3.05, 3.63) is 40.3 Å². The highest BCUT2D eigenvalue weighted by atomic mass is 32.2. The van der Waals surface area contributed by atoms with E-state index in [2.05, 4.69) is 6.92 Å². The van der Waals surface area contributed by atoms with Gasteiger partial charge in [-0.1, -0.05) is 31.2 Å². The molecule has 144 valence electrons. The minimum Gasteiger partial charge on any atom is -0.390 e. The van der Waals surface area contributed by atoms with Gasteiger partial charge in [-0.2, -0.15) is 0 Å². The molecule has 1 aromatic rings. The summed E-state index contributed by atoms with van der Waals surface area (Å²) in [4.78, 5) is 26.7. The van der Waals surface area contributed by atoms with Gasteiger partial charge in [0.2, 0.25) is 0 Å². The highest BCUT2D eigenvalue weighted by Crippen LogP contribution is 2.50. The second-order valence-corrected chi connectivity index (χ2v) is 8.85. The molecule has 2 N–H and O–H groups in total. The van der Waals surface area contributed by atoms with E-state index < -0.39 is 12.2 Å². The third kappa shape index (κ3) is 3.46. The third-order valence-corrected chi connectivity index (χ3v) is 7.25. The number of carbonyl (C=O) groups excluding carboxylic acids is 2. The Morgan fingerprint density at radius 1 is 1.15 bits per heavy atom. The van der Waals surface area contributed by atoms with Crippen molar-refractivity contribution in [2.75, 3.05) is 6.54 Å². The number of nitrogens with zero attached hydrogens (tertiary/aromatic N) is 1. The molecule has 1 saturated heterocycles. The molecule has 0 unspecified atom stereocenters. The molecule has 27 heavy (non-hydrogen) atoms. The topological polar surface area (TPSA) is 77.8 Å². The Bertz CT molecular complexity index is 773. The summed E-state index contributed by atoms with van der Waals surface area (Å²) in [6.07, 6.45) is 3.90. The minimum atomic E-state index is -0.658. The summed E-state index contributed by atoms with van der Waals surface area (Å²) < 4.78 is 0. The van der Waals surface area contributed by atoms with E-state index in [4.69, 9.17) is 0 Å². The number of benzene rings is 1. The first kappa shape index (κ1) is 18.7. The Kier molecular flexibility index (Phi) is 5.14. The van der Waals surface area contributed by atoms with E-state index in [0.29, 0.717) is 17.9 Å². The van der Waals surface area contributed by atoms with Crippen molar-refractivity contribution in [3.8, 4) is 0 Å². The maximum atomic E-state index is 12.7. The van der Waals surface area contributed by atoms with E-state index in [-0.39, 0.29) is 28.9 Å². The fourth-order valence-electron chi connectivity index (χ4n) is 4.75. The molecule has 5 nitrogen and oxygen atoms in total. The van der Waals surface area contributed by atoms with Crippen LogP contribution < -0.4 is 0 Å². The monoisotopic (exact) mass is 387 g/mol. The van der Waals surface area contributed by atoms with Crippen molar-refractivity contribution < 1.29 is 19.8 Å². The van der Waals surface area contributed by atoms with Crippen LogP contribution in [0.2, 0.25) is 0 Å². The van der Waals surface area contributed by atoms with Crippen molar-refractivity contribution in [2.24, 2.45) is 17.8 Å². The maximum Gasteiger partial charge on any atom is 0.293 e. The van der Waals surface area contributed by atoms with Crippen LogP contribution in [0.4, 0.5) is 4.79 Å². The normalized spacial score (nSPS) is 34.3. The zero-order valence-electron chi connectivity index (χ0n) is 15.4. The molecule has 0 aromatic heterocycles. The van der Waals surface area contributed by atoms with Crippen LogP contribution in [-0.4, -0.2) is 45.0 Å². The Morgan fingerprint density at radius 2 is 1.89 bits per heavy atom. The van der Waals surface area contributed by atoms with E-state index in [9.17, 15) is 19.8 Å². The van der Waals surface area contributed by atoms with Crippen LogP contribution in [-0.2, 0) is 11.2 Å². The summed E-state index contributed by atoms with van der Waals surface area (Å²) in [5, 5.41) is 19.8. The SMILES string of the molecule is CCc1ccc(/C=C2\SC(=O)N(CC[C@@H]3C[C@H]4C[C@@H]3[C@H](O)[C@@H]4O)C2=O)cc1. The first-order valence-electron chi connectivity index (χ1n) is 9.68. The summed E-state index contributed by atoms with van der Waals surface area (Å²) in [6.45, 7) is 2.48. The quantitative estimate of drug-likeness (QED) is 0.760. The average Bonchev–Trinajstić information content (AvgIpc) is 3.29. The van der Waals surface area contributed by atoms with Crippen molar-refractivity contribution in [1.82, 2.24) is 4.90 Å². The van der Waals surface area contributed by atoms with Crippen molar-refractivity contribution in [1.29, 1.82) is 0 Å². The van der Waals surface area contributed by atoms with E-state index in [1.54, 1.807) is 6.08 Å². The van der Waals surface area contributed by atoms with Gasteiger partial charge in [0.15, 0.2) is 0 Å². The first-order chi connectivity index (χ1) is 13.0. The van der Waals surface area contributed by atoms with Gasteiger partial charge in [0, 0.05) is 6.54 Å². The molecule has 0 spiro atoms. The van der Waals surface area contributed by atoms with Gasteiger partial charge in [0.05, 0.1) is 17.1 Å². The number of aliphatic hydroxyl groups excluding tert-OH is 2. The second-order valence-electron chi connectivity index (χ2n) is 7.85. The number of aryl methyl sites for hydroxylation is 1. The van der Waals surface area contributed by atoms with Crippen LogP contribution in [0.1, 0.15) is 37.3 Å². The molecule has 4 rings (SSSR count). The lowest BCUT2D eigenvalue weighted by molar-refractivity contribution is -0.123. The summed E-state index contributed by atoms with van der Waals surface area (Å²) >= 11 is 0.994. The van der Waals surface area contributed by atoms with Crippen molar-refractivity contribution in [3.63, 3.8) is 0 Å². The molecule has 2 aliphatic carbocycles. The summed E-state index contributed by atoms with van der Waals surface area (Å²) in [7, 11) is 0. The molecule has 1 aromatic carbocycles. The fourth-order valence-corrected chi connectivity index (χ4v) is 5.62. The van der Waals surface area contributed by atoms with Gasteiger partial charge in [0.25, 0.3) is 11.1 Å². The van der Waals surface area contributed by atoms with Crippen LogP contribution in [0.3, 0.4) is 0 Å². The van der Waals surface area contributed by atoms with Gasteiger partial charge in [-0.15, -0.1) is 0 Å². The van der Waals surface area contributed by atoms with Crippen LogP contribution >= 0.6 is 11.8 Å². The summed E-state index contributed by atoms with van der Waals surface area (Å²) in [5.74, 6) is 0.301. The number of hydrogen-bond donors (Lipinski definition) is 2. The number of thioether (sulfide) groups is 1. The number of hydrogen-bond acceptors (Lipinski definition) is 5. The van der Waals surface area contributed by atoms with Gasteiger partial charge in [-0.05, 0) is 72.4 Å². The molecule has 2 saturated carbocycles. The van der Waals surface area contributed by atoms with E-state index >= 15 is 0 Å². The Balaban J connectivity index is 1.39. The van der Waals surface area contributed by atoms with Gasteiger partial charge >= 0.3 is 0 Å². The molecular weight excluding hydrogens is 362 g/mol. The molecular formula is C21H25NO4S. The zero-order chi connectivity index (χ0) is 19.1. The van der Waals surface area contributed by atoms with Gasteiger partial charge in [-0.3, -0.25) is 14.5 Å². The lowest BCUT2D eigenvalue weighted by Crippen LogP contribution is -2.38. The van der Waals surface area contributed by atoms with Crippen LogP contribution in [0.15, 0.2) is 29.2 Å². The number of imide groups is 1. The number of aliphatic hydroxyl groups is 2. The Morgan fingerprint density at radius 3 is 2.52 bits per heavy atom. The average molecular weight is 388 g/mol. The number of amides is 2. The molecule has 5 atom stereocenters. The predicted octanol–water partition coefficient (Wildman–Crippen LogP) is 3.05. The molecule has 3 aliphatic rings. The molecule has 2 bridgehead atoms. The van der Waals surface area contributed by atoms with Crippen LogP contribution in [0.5, 0.6) is 0 Å². The zero-order valence-corrected chi connectivity index (χ0v) is 16.2. The fraction of sp³-hybridized carbons (Fsp3) is 0.524. The molecule has 0 radical (unpaired) electrons. The minimum absolute atomic E-state index is 0.0950. The lowest BCUT2D eigenvalue weighted by Gasteiger charge is -2.30. The first-order valence-corrected chi connectivity index (χ1v) is 10.5. The largest absolute Gasteiger partial charge is 0.390 e. The number of rotatable bonds is 5. The molecule has 3 fully saturated rings. The number of carbonyl (C=O) groups is 2. The molecule has 6 heteroatoms. The maximum absolute atomic E-state index is 12.7. The third-order valence-electron chi connectivity index (χ3n) is 6.34. The standard InChI is InChI=1S/C21H25NO4S/c1-2-12-3-5-13(6-4-12)9-17-20(25)22(21(26)27-17)8-7-14-10-15-11-16(14)19(24)18(15)23/h3-6,9,14-16,18-19,23-24H,2,7-8,10-11H2,1H3/b17-9-/t14-,15+,16+,18-,19+/m1/s1. The van der Waals surface area contributed by atoms with E-state index in [0.717, 1.165) is 36.6 Å². The van der Waals surface area contributed by atoms with Gasteiger partial charge in [-0.25, -0.2) is 0 Å². The second kappa shape index (κ2) is 7.41. The lowest BCUT2D eigenvalue weighted by atomic mass is 9.83. The van der Waals surface area contributed by atoms with Gasteiger partial charge < -0.3 is 10.2 Å². The highest BCUT2D eigenvalue weighted by molar-refractivity contribution is 8.18. The smallest absolute Gasteiger partial charge is 0.293 e. The van der Waals surface area contributed by atoms with Gasteiger partial charge in [0.1, 0.15) is 0 Å². The van der Waals surface area contributed by atoms with Crippen molar-refractivity contribution >= 4 is 29.0 Å². The predicted molar refractivity (Wildman–Crippen MR) is 105 cm³/mol. The van der Waals surface area contributed by atoms with E-state index in [1.807, 2.05) is 24.3 Å². The number of fused-ring (bicyclic) bond motifs is 2.